The zero-order valence-corrected chi connectivity index (χ0v) is 15.8. The molecule has 27 heavy (non-hydrogen) atoms. The minimum atomic E-state index is -0.224. The number of hydrogen-bond acceptors (Lipinski definition) is 3. The third kappa shape index (κ3) is 4.17. The lowest BCUT2D eigenvalue weighted by molar-refractivity contribution is -0.130. The molecule has 3 nitrogen and oxygen atoms in total. The minimum Gasteiger partial charge on any atom is -0.493 e. The van der Waals surface area contributed by atoms with Gasteiger partial charge in [-0.15, -0.1) is 0 Å². The van der Waals surface area contributed by atoms with Crippen molar-refractivity contribution in [1.82, 2.24) is 0 Å². The van der Waals surface area contributed by atoms with E-state index in [0.717, 1.165) is 41.9 Å². The highest BCUT2D eigenvalue weighted by Crippen LogP contribution is 2.44. The quantitative estimate of drug-likeness (QED) is 0.625. The first-order chi connectivity index (χ1) is 13.2. The number of rotatable bonds is 6. The van der Waals surface area contributed by atoms with E-state index in [1.807, 2.05) is 6.07 Å². The van der Waals surface area contributed by atoms with E-state index >= 15 is 0 Å². The number of unbranched alkanes of at least 4 members (excludes halogenated alkanes) is 2. The Morgan fingerprint density at radius 3 is 2.67 bits per heavy atom. The molecule has 4 heteroatoms. The number of fused-ring (bicyclic) bond motifs is 3. The third-order valence-corrected chi connectivity index (χ3v) is 5.51. The molecule has 0 aliphatic carbocycles. The summed E-state index contributed by atoms with van der Waals surface area (Å²) in [5.41, 5.74) is 3.12. The van der Waals surface area contributed by atoms with Crippen LogP contribution >= 0.6 is 0 Å². The molecule has 1 fully saturated rings. The Labute approximate surface area is 160 Å². The van der Waals surface area contributed by atoms with Crippen LogP contribution in [0.1, 0.15) is 44.3 Å². The van der Waals surface area contributed by atoms with Crippen LogP contribution in [0.3, 0.4) is 0 Å². The summed E-state index contributed by atoms with van der Waals surface area (Å²) in [6.45, 7) is 4.32. The van der Waals surface area contributed by atoms with Crippen LogP contribution in [-0.4, -0.2) is 25.9 Å². The second kappa shape index (κ2) is 8.41. The van der Waals surface area contributed by atoms with Crippen molar-refractivity contribution >= 4 is 0 Å². The molecular formula is C23H27FO3. The summed E-state index contributed by atoms with van der Waals surface area (Å²) < 4.78 is 31.4. The lowest BCUT2D eigenvalue weighted by Gasteiger charge is -2.40. The SMILES string of the molecule is CCCCCOC1CO[C@H]2c3ccc(-c4ccc(F)cc4)cc3OC[C@@H]2C1. The second-order valence-electron chi connectivity index (χ2n) is 7.52. The predicted octanol–water partition coefficient (Wildman–Crippen LogP) is 5.54. The Morgan fingerprint density at radius 1 is 1.04 bits per heavy atom. The van der Waals surface area contributed by atoms with Gasteiger partial charge in [0.25, 0.3) is 0 Å². The summed E-state index contributed by atoms with van der Waals surface area (Å²) in [6.07, 6.45) is 4.77. The highest BCUT2D eigenvalue weighted by atomic mass is 19.1. The van der Waals surface area contributed by atoms with E-state index in [1.54, 1.807) is 12.1 Å². The molecule has 2 aliphatic rings. The normalized spacial score (nSPS) is 24.0. The van der Waals surface area contributed by atoms with Crippen LogP contribution < -0.4 is 4.74 Å². The summed E-state index contributed by atoms with van der Waals surface area (Å²) in [4.78, 5) is 0. The first kappa shape index (κ1) is 18.5. The van der Waals surface area contributed by atoms with Crippen LogP contribution in [-0.2, 0) is 9.47 Å². The fraction of sp³-hybridized carbons (Fsp3) is 0.478. The Balaban J connectivity index is 1.43. The van der Waals surface area contributed by atoms with E-state index in [4.69, 9.17) is 14.2 Å². The maximum atomic E-state index is 13.2. The van der Waals surface area contributed by atoms with Crippen molar-refractivity contribution in [3.05, 3.63) is 53.8 Å². The maximum absolute atomic E-state index is 13.2. The van der Waals surface area contributed by atoms with Crippen LogP contribution in [0, 0.1) is 11.7 Å². The molecule has 0 amide bonds. The summed E-state index contributed by atoms with van der Waals surface area (Å²) >= 11 is 0. The first-order valence-electron chi connectivity index (χ1n) is 10.0. The molecule has 0 aromatic heterocycles. The van der Waals surface area contributed by atoms with E-state index in [-0.39, 0.29) is 18.0 Å². The Kier molecular flexibility index (Phi) is 5.74. The number of hydrogen-bond donors (Lipinski definition) is 0. The van der Waals surface area contributed by atoms with Gasteiger partial charge in [-0.2, -0.15) is 0 Å². The fourth-order valence-corrected chi connectivity index (χ4v) is 4.01. The van der Waals surface area contributed by atoms with Crippen LogP contribution in [0.5, 0.6) is 5.75 Å². The maximum Gasteiger partial charge on any atom is 0.125 e. The van der Waals surface area contributed by atoms with Gasteiger partial charge in [-0.05, 0) is 42.2 Å². The van der Waals surface area contributed by atoms with Crippen molar-refractivity contribution in [3.8, 4) is 16.9 Å². The van der Waals surface area contributed by atoms with Crippen molar-refractivity contribution < 1.29 is 18.6 Å². The molecule has 0 spiro atoms. The molecule has 4 rings (SSSR count). The number of benzene rings is 2. The van der Waals surface area contributed by atoms with Crippen molar-refractivity contribution in [2.75, 3.05) is 19.8 Å². The largest absolute Gasteiger partial charge is 0.493 e. The average molecular weight is 370 g/mol. The van der Waals surface area contributed by atoms with Gasteiger partial charge in [0.2, 0.25) is 0 Å². The molecule has 0 bridgehead atoms. The van der Waals surface area contributed by atoms with E-state index in [2.05, 4.69) is 19.1 Å². The van der Waals surface area contributed by atoms with Gasteiger partial charge in [-0.25, -0.2) is 4.39 Å². The van der Waals surface area contributed by atoms with Crippen LogP contribution in [0.25, 0.3) is 11.1 Å². The topological polar surface area (TPSA) is 27.7 Å². The third-order valence-electron chi connectivity index (χ3n) is 5.51. The predicted molar refractivity (Wildman–Crippen MR) is 103 cm³/mol. The Hall–Kier alpha value is -1.91. The summed E-state index contributed by atoms with van der Waals surface area (Å²) in [7, 11) is 0. The van der Waals surface area contributed by atoms with Gasteiger partial charge in [0.1, 0.15) is 11.6 Å². The molecule has 1 unspecified atom stereocenters. The van der Waals surface area contributed by atoms with Crippen LogP contribution in [0.4, 0.5) is 4.39 Å². The van der Waals surface area contributed by atoms with Gasteiger partial charge in [-0.3, -0.25) is 0 Å². The summed E-state index contributed by atoms with van der Waals surface area (Å²) in [5.74, 6) is 0.984. The molecule has 2 heterocycles. The first-order valence-corrected chi connectivity index (χ1v) is 10.0. The summed E-state index contributed by atoms with van der Waals surface area (Å²) in [6, 6.07) is 12.7. The zero-order valence-electron chi connectivity index (χ0n) is 15.8. The molecule has 0 radical (unpaired) electrons. The standard InChI is InChI=1S/C23H27FO3/c1-2-3-4-11-25-20-12-18-14-26-22-13-17(16-5-8-19(24)9-6-16)7-10-21(22)23(18)27-15-20/h5-10,13,18,20,23H,2-4,11-12,14-15H2,1H3/t18-,20?,23+/m0/s1. The van der Waals surface area contributed by atoms with Gasteiger partial charge >= 0.3 is 0 Å². The zero-order chi connectivity index (χ0) is 18.6. The molecule has 0 saturated carbocycles. The monoisotopic (exact) mass is 370 g/mol. The van der Waals surface area contributed by atoms with Crippen molar-refractivity contribution in [2.24, 2.45) is 5.92 Å². The van der Waals surface area contributed by atoms with Gasteiger partial charge in [0.15, 0.2) is 0 Å². The van der Waals surface area contributed by atoms with Gasteiger partial charge in [0, 0.05) is 18.1 Å². The molecule has 144 valence electrons. The molecule has 2 aliphatic heterocycles. The van der Waals surface area contributed by atoms with Gasteiger partial charge < -0.3 is 14.2 Å². The second-order valence-corrected chi connectivity index (χ2v) is 7.52. The number of halogens is 1. The lowest BCUT2D eigenvalue weighted by Crippen LogP contribution is -2.39. The highest BCUT2D eigenvalue weighted by molar-refractivity contribution is 5.66. The van der Waals surface area contributed by atoms with Crippen LogP contribution in [0.2, 0.25) is 0 Å². The molecular weight excluding hydrogens is 343 g/mol. The fourth-order valence-electron chi connectivity index (χ4n) is 4.01. The molecule has 2 aromatic rings. The number of ether oxygens (including phenoxy) is 3. The molecule has 0 N–H and O–H groups in total. The van der Waals surface area contributed by atoms with Crippen molar-refractivity contribution in [1.29, 1.82) is 0 Å². The molecule has 1 saturated heterocycles. The van der Waals surface area contributed by atoms with Crippen molar-refractivity contribution in [3.63, 3.8) is 0 Å². The van der Waals surface area contributed by atoms with E-state index in [0.29, 0.717) is 19.1 Å². The average Bonchev–Trinajstić information content (AvgIpc) is 2.71. The van der Waals surface area contributed by atoms with Gasteiger partial charge in [0.05, 0.1) is 25.4 Å². The smallest absolute Gasteiger partial charge is 0.125 e. The molecule has 3 atom stereocenters. The minimum absolute atomic E-state index is 0.0755. The highest BCUT2D eigenvalue weighted by Gasteiger charge is 2.38. The van der Waals surface area contributed by atoms with Gasteiger partial charge in [-0.1, -0.05) is 44.0 Å². The summed E-state index contributed by atoms with van der Waals surface area (Å²) in [5, 5.41) is 0. The lowest BCUT2D eigenvalue weighted by atomic mass is 9.86. The van der Waals surface area contributed by atoms with E-state index in [1.165, 1.54) is 25.0 Å². The Morgan fingerprint density at radius 2 is 1.85 bits per heavy atom. The Bertz CT molecular complexity index is 759. The van der Waals surface area contributed by atoms with E-state index < -0.39 is 0 Å². The van der Waals surface area contributed by atoms with Crippen LogP contribution in [0.15, 0.2) is 42.5 Å². The van der Waals surface area contributed by atoms with E-state index in [9.17, 15) is 4.39 Å². The van der Waals surface area contributed by atoms with Crippen molar-refractivity contribution in [2.45, 2.75) is 44.8 Å². The molecule has 2 aromatic carbocycles.